The Kier molecular flexibility index (Phi) is 5.78. The van der Waals surface area contributed by atoms with E-state index in [9.17, 15) is 4.79 Å². The zero-order valence-electron chi connectivity index (χ0n) is 7.29. The van der Waals surface area contributed by atoms with E-state index in [1.807, 2.05) is 7.05 Å². The summed E-state index contributed by atoms with van der Waals surface area (Å²) in [6.07, 6.45) is 0.830. The molecule has 0 saturated heterocycles. The molecule has 0 aliphatic heterocycles. The third-order valence-corrected chi connectivity index (χ3v) is 1.53. The Morgan fingerprint density at radius 2 is 1.91 bits per heavy atom. The summed E-state index contributed by atoms with van der Waals surface area (Å²) in [5, 5.41) is 0. The van der Waals surface area contributed by atoms with Crippen LogP contribution in [0, 0.1) is 0 Å². The molecule has 0 spiro atoms. The maximum atomic E-state index is 10.2. The number of nitrogens with zero attached hydrogens (tertiary/aromatic N) is 2. The van der Waals surface area contributed by atoms with Gasteiger partial charge < -0.3 is 15.5 Å². The molecular weight excluding hydrogens is 142 g/mol. The van der Waals surface area contributed by atoms with Crippen molar-refractivity contribution in [3.8, 4) is 0 Å². The molecule has 0 aromatic carbocycles. The first-order valence-electron chi connectivity index (χ1n) is 3.75. The Hall–Kier alpha value is -0.610. The van der Waals surface area contributed by atoms with Gasteiger partial charge in [-0.3, -0.25) is 4.79 Å². The average Bonchev–Trinajstić information content (AvgIpc) is 2.01. The van der Waals surface area contributed by atoms with Crippen molar-refractivity contribution in [2.45, 2.75) is 0 Å². The van der Waals surface area contributed by atoms with Gasteiger partial charge in [-0.25, -0.2) is 0 Å². The average molecular weight is 159 g/mol. The molecule has 4 heteroatoms. The van der Waals surface area contributed by atoms with Gasteiger partial charge in [-0.05, 0) is 7.05 Å². The molecule has 0 rings (SSSR count). The van der Waals surface area contributed by atoms with Crippen molar-refractivity contribution < 1.29 is 4.79 Å². The predicted molar refractivity (Wildman–Crippen MR) is 45.2 cm³/mol. The number of hydrogen-bond donors (Lipinski definition) is 1. The van der Waals surface area contributed by atoms with Crippen molar-refractivity contribution in [3.63, 3.8) is 0 Å². The molecule has 1 amide bonds. The summed E-state index contributed by atoms with van der Waals surface area (Å²) in [5.41, 5.74) is 5.34. The summed E-state index contributed by atoms with van der Waals surface area (Å²) in [7, 11) is 3.76. The van der Waals surface area contributed by atoms with Crippen LogP contribution < -0.4 is 5.73 Å². The van der Waals surface area contributed by atoms with Gasteiger partial charge in [0.05, 0.1) is 0 Å². The highest BCUT2D eigenvalue weighted by molar-refractivity contribution is 5.46. The van der Waals surface area contributed by atoms with E-state index >= 15 is 0 Å². The lowest BCUT2D eigenvalue weighted by atomic mass is 10.5. The van der Waals surface area contributed by atoms with E-state index in [4.69, 9.17) is 5.73 Å². The largest absolute Gasteiger partial charge is 0.347 e. The van der Waals surface area contributed by atoms with Gasteiger partial charge in [0.15, 0.2) is 0 Å². The van der Waals surface area contributed by atoms with Crippen LogP contribution in [0.15, 0.2) is 0 Å². The van der Waals surface area contributed by atoms with Crippen molar-refractivity contribution >= 4 is 6.41 Å². The molecule has 0 radical (unpaired) electrons. The maximum Gasteiger partial charge on any atom is 0.209 e. The van der Waals surface area contributed by atoms with Crippen LogP contribution in [-0.4, -0.2) is 56.5 Å². The summed E-state index contributed by atoms with van der Waals surface area (Å²) < 4.78 is 0. The first kappa shape index (κ1) is 10.4. The smallest absolute Gasteiger partial charge is 0.209 e. The zero-order valence-corrected chi connectivity index (χ0v) is 7.29. The number of nitrogens with two attached hydrogens (primary N) is 1. The molecule has 0 aromatic rings. The van der Waals surface area contributed by atoms with Gasteiger partial charge in [-0.2, -0.15) is 0 Å². The molecule has 0 atom stereocenters. The third kappa shape index (κ3) is 5.82. The molecule has 0 aliphatic carbocycles. The highest BCUT2D eigenvalue weighted by Gasteiger charge is 1.97. The second-order valence-corrected chi connectivity index (χ2v) is 2.68. The SMILES string of the molecule is CN(C=O)CCN(C)CCN. The summed E-state index contributed by atoms with van der Waals surface area (Å²) in [5.74, 6) is 0. The van der Waals surface area contributed by atoms with Crippen LogP contribution in [0.2, 0.25) is 0 Å². The Morgan fingerprint density at radius 1 is 1.27 bits per heavy atom. The highest BCUT2D eigenvalue weighted by atomic mass is 16.1. The fourth-order valence-corrected chi connectivity index (χ4v) is 0.713. The quantitative estimate of drug-likeness (QED) is 0.504. The van der Waals surface area contributed by atoms with Crippen molar-refractivity contribution in [1.29, 1.82) is 0 Å². The second kappa shape index (κ2) is 6.12. The van der Waals surface area contributed by atoms with E-state index in [1.165, 1.54) is 0 Å². The Labute approximate surface area is 67.9 Å². The summed E-state index contributed by atoms with van der Waals surface area (Å²) in [6, 6.07) is 0. The Bertz CT molecular complexity index is 108. The number of carbonyl (C=O) groups excluding carboxylic acids is 1. The van der Waals surface area contributed by atoms with Crippen LogP contribution in [0.4, 0.5) is 0 Å². The minimum absolute atomic E-state index is 0.668. The highest BCUT2D eigenvalue weighted by Crippen LogP contribution is 1.81. The number of carbonyl (C=O) groups is 1. The van der Waals surface area contributed by atoms with Gasteiger partial charge in [-0.15, -0.1) is 0 Å². The molecule has 0 bridgehead atoms. The van der Waals surface area contributed by atoms with Crippen molar-refractivity contribution in [2.24, 2.45) is 5.73 Å². The topological polar surface area (TPSA) is 49.6 Å². The van der Waals surface area contributed by atoms with Gasteiger partial charge in [0, 0.05) is 33.2 Å². The predicted octanol–water partition coefficient (Wildman–Crippen LogP) is -1.03. The molecule has 0 unspecified atom stereocenters. The number of likely N-dealkylation sites (N-methyl/N-ethyl adjacent to an activating group) is 2. The van der Waals surface area contributed by atoms with Crippen LogP contribution in [-0.2, 0) is 4.79 Å². The monoisotopic (exact) mass is 159 g/mol. The fourth-order valence-electron chi connectivity index (χ4n) is 0.713. The Morgan fingerprint density at radius 3 is 2.36 bits per heavy atom. The van der Waals surface area contributed by atoms with Crippen molar-refractivity contribution in [1.82, 2.24) is 9.80 Å². The fraction of sp³-hybridized carbons (Fsp3) is 0.857. The molecule has 11 heavy (non-hydrogen) atoms. The minimum atomic E-state index is 0.668. The maximum absolute atomic E-state index is 10.2. The van der Waals surface area contributed by atoms with Gasteiger partial charge in [-0.1, -0.05) is 0 Å². The third-order valence-electron chi connectivity index (χ3n) is 1.53. The van der Waals surface area contributed by atoms with E-state index in [0.717, 1.165) is 26.0 Å². The van der Waals surface area contributed by atoms with Gasteiger partial charge in [0.25, 0.3) is 0 Å². The number of amides is 1. The van der Waals surface area contributed by atoms with E-state index in [1.54, 1.807) is 11.9 Å². The lowest BCUT2D eigenvalue weighted by Gasteiger charge is -2.18. The summed E-state index contributed by atoms with van der Waals surface area (Å²) in [6.45, 7) is 3.19. The van der Waals surface area contributed by atoms with E-state index < -0.39 is 0 Å². The lowest BCUT2D eigenvalue weighted by Crippen LogP contribution is -2.33. The second-order valence-electron chi connectivity index (χ2n) is 2.68. The number of rotatable bonds is 6. The van der Waals surface area contributed by atoms with Crippen molar-refractivity contribution in [2.75, 3.05) is 40.3 Å². The van der Waals surface area contributed by atoms with Crippen molar-refractivity contribution in [3.05, 3.63) is 0 Å². The molecular formula is C7H17N3O. The van der Waals surface area contributed by atoms with Crippen LogP contribution in [0.25, 0.3) is 0 Å². The summed E-state index contributed by atoms with van der Waals surface area (Å²) >= 11 is 0. The van der Waals surface area contributed by atoms with Crippen LogP contribution in [0.3, 0.4) is 0 Å². The van der Waals surface area contributed by atoms with E-state index in [-0.39, 0.29) is 0 Å². The molecule has 0 heterocycles. The normalized spacial score (nSPS) is 10.2. The van der Waals surface area contributed by atoms with Crippen LogP contribution in [0.5, 0.6) is 0 Å². The molecule has 66 valence electrons. The van der Waals surface area contributed by atoms with Gasteiger partial charge in [0.1, 0.15) is 0 Å². The molecule has 0 saturated carbocycles. The van der Waals surface area contributed by atoms with E-state index in [2.05, 4.69) is 4.90 Å². The van der Waals surface area contributed by atoms with Gasteiger partial charge in [0.2, 0.25) is 6.41 Å². The minimum Gasteiger partial charge on any atom is -0.347 e. The molecule has 0 aliphatic rings. The van der Waals surface area contributed by atoms with Crippen LogP contribution >= 0.6 is 0 Å². The molecule has 0 fully saturated rings. The molecule has 2 N–H and O–H groups in total. The standard InChI is InChI=1S/C7H17N3O/c1-9(4-3-8)5-6-10(2)7-11/h7H,3-6,8H2,1-2H3. The lowest BCUT2D eigenvalue weighted by molar-refractivity contribution is -0.117. The zero-order chi connectivity index (χ0) is 8.69. The van der Waals surface area contributed by atoms with Gasteiger partial charge >= 0.3 is 0 Å². The van der Waals surface area contributed by atoms with Crippen LogP contribution in [0.1, 0.15) is 0 Å². The molecule has 4 nitrogen and oxygen atoms in total. The first-order chi connectivity index (χ1) is 5.20. The summed E-state index contributed by atoms with van der Waals surface area (Å²) in [4.78, 5) is 13.9. The molecule has 0 aromatic heterocycles. The number of hydrogen-bond acceptors (Lipinski definition) is 3. The first-order valence-corrected chi connectivity index (χ1v) is 3.75. The Balaban J connectivity index is 3.29. The van der Waals surface area contributed by atoms with E-state index in [0.29, 0.717) is 6.54 Å².